The molecule has 0 fully saturated rings. The van der Waals surface area contributed by atoms with Crippen molar-refractivity contribution in [2.45, 2.75) is 143 Å². The summed E-state index contributed by atoms with van der Waals surface area (Å²) in [6.45, 7) is 14.4. The lowest BCUT2D eigenvalue weighted by Crippen LogP contribution is -2.31. The highest BCUT2D eigenvalue weighted by molar-refractivity contribution is 7.12. The Labute approximate surface area is 181 Å². The normalized spacial score (nSPS) is 14.0. The first-order chi connectivity index (χ1) is 13.6. The minimum Gasteiger partial charge on any atom is -0.145 e. The summed E-state index contributed by atoms with van der Waals surface area (Å²) in [5.41, 5.74) is 2.11. The van der Waals surface area contributed by atoms with Gasteiger partial charge in [-0.15, -0.1) is 11.3 Å². The Morgan fingerprint density at radius 2 is 1.36 bits per heavy atom. The van der Waals surface area contributed by atoms with Crippen LogP contribution in [0.15, 0.2) is 6.07 Å². The first kappa shape index (κ1) is 25.7. The van der Waals surface area contributed by atoms with E-state index in [0.717, 1.165) is 5.92 Å². The molecule has 0 aliphatic rings. The van der Waals surface area contributed by atoms with Gasteiger partial charge in [-0.2, -0.15) is 0 Å². The highest BCUT2D eigenvalue weighted by Gasteiger charge is 2.36. The SMILES string of the molecule is CCCCCCCCc1cc(CC)sc1C(CC)(CCCCCCC)C(C)C. The molecule has 1 aromatic heterocycles. The third-order valence-electron chi connectivity index (χ3n) is 6.92. The maximum Gasteiger partial charge on any atom is 0.0144 e. The number of thiophene rings is 1. The fourth-order valence-electron chi connectivity index (χ4n) is 4.82. The molecule has 0 spiro atoms. The number of hydrogen-bond acceptors (Lipinski definition) is 1. The van der Waals surface area contributed by atoms with E-state index in [0.29, 0.717) is 5.41 Å². The Kier molecular flexibility index (Phi) is 13.5. The van der Waals surface area contributed by atoms with E-state index in [2.05, 4.69) is 58.9 Å². The topological polar surface area (TPSA) is 0 Å². The van der Waals surface area contributed by atoms with Crippen LogP contribution in [0.2, 0.25) is 0 Å². The van der Waals surface area contributed by atoms with Crippen molar-refractivity contribution in [3.8, 4) is 0 Å². The Bertz CT molecular complexity index is 498. The van der Waals surface area contributed by atoms with Gasteiger partial charge in [-0.3, -0.25) is 0 Å². The van der Waals surface area contributed by atoms with Crippen LogP contribution >= 0.6 is 11.3 Å². The molecular weight excluding hydrogens is 356 g/mol. The largest absolute Gasteiger partial charge is 0.145 e. The van der Waals surface area contributed by atoms with Crippen molar-refractivity contribution in [1.82, 2.24) is 0 Å². The maximum absolute atomic E-state index is 2.58. The van der Waals surface area contributed by atoms with Crippen LogP contribution in [0.25, 0.3) is 0 Å². The van der Waals surface area contributed by atoms with Gasteiger partial charge < -0.3 is 0 Å². The Balaban J connectivity index is 2.87. The second kappa shape index (κ2) is 14.6. The quantitative estimate of drug-likeness (QED) is 0.226. The molecule has 164 valence electrons. The second-order valence-electron chi connectivity index (χ2n) is 9.27. The molecule has 1 heterocycles. The van der Waals surface area contributed by atoms with E-state index < -0.39 is 0 Å². The van der Waals surface area contributed by atoms with Crippen LogP contribution in [-0.2, 0) is 18.3 Å². The van der Waals surface area contributed by atoms with Crippen LogP contribution in [-0.4, -0.2) is 0 Å². The summed E-state index contributed by atoms with van der Waals surface area (Å²) >= 11 is 2.16. The molecule has 1 aromatic rings. The van der Waals surface area contributed by atoms with E-state index >= 15 is 0 Å². The van der Waals surface area contributed by atoms with Gasteiger partial charge in [0.15, 0.2) is 0 Å². The zero-order valence-corrected chi connectivity index (χ0v) is 21.0. The molecule has 1 atom stereocenters. The molecule has 0 aliphatic carbocycles. The highest BCUT2D eigenvalue weighted by atomic mass is 32.1. The average molecular weight is 407 g/mol. The lowest BCUT2D eigenvalue weighted by molar-refractivity contribution is 0.267. The summed E-state index contributed by atoms with van der Waals surface area (Å²) in [6.07, 6.45) is 20.6. The Morgan fingerprint density at radius 1 is 0.786 bits per heavy atom. The molecule has 0 amide bonds. The van der Waals surface area contributed by atoms with Gasteiger partial charge in [0.2, 0.25) is 0 Å². The molecule has 0 saturated heterocycles. The maximum atomic E-state index is 2.58. The summed E-state index contributed by atoms with van der Waals surface area (Å²) < 4.78 is 0. The summed E-state index contributed by atoms with van der Waals surface area (Å²) in [4.78, 5) is 3.38. The van der Waals surface area contributed by atoms with E-state index in [1.807, 2.05) is 0 Å². The van der Waals surface area contributed by atoms with Gasteiger partial charge in [-0.1, -0.05) is 106 Å². The highest BCUT2D eigenvalue weighted by Crippen LogP contribution is 2.46. The molecule has 0 N–H and O–H groups in total. The third-order valence-corrected chi connectivity index (χ3v) is 8.46. The summed E-state index contributed by atoms with van der Waals surface area (Å²) in [6, 6.07) is 2.58. The smallest absolute Gasteiger partial charge is 0.0144 e. The van der Waals surface area contributed by atoms with E-state index in [-0.39, 0.29) is 0 Å². The van der Waals surface area contributed by atoms with Gasteiger partial charge in [-0.05, 0) is 49.7 Å². The van der Waals surface area contributed by atoms with Crippen molar-refractivity contribution in [1.29, 1.82) is 0 Å². The van der Waals surface area contributed by atoms with Gasteiger partial charge in [0.05, 0.1) is 0 Å². The zero-order chi connectivity index (χ0) is 20.8. The van der Waals surface area contributed by atoms with Crippen molar-refractivity contribution in [2.24, 2.45) is 5.92 Å². The molecular formula is C27H50S. The fraction of sp³-hybridized carbons (Fsp3) is 0.852. The van der Waals surface area contributed by atoms with E-state index in [1.165, 1.54) is 96.3 Å². The molecule has 0 bridgehead atoms. The molecule has 0 aromatic carbocycles. The number of aryl methyl sites for hydroxylation is 2. The van der Waals surface area contributed by atoms with Gasteiger partial charge >= 0.3 is 0 Å². The van der Waals surface area contributed by atoms with Crippen LogP contribution < -0.4 is 0 Å². The van der Waals surface area contributed by atoms with Crippen molar-refractivity contribution in [3.05, 3.63) is 21.4 Å². The van der Waals surface area contributed by atoms with E-state index in [4.69, 9.17) is 0 Å². The first-order valence-electron chi connectivity index (χ1n) is 12.7. The average Bonchev–Trinajstić information content (AvgIpc) is 3.11. The number of hydrogen-bond donors (Lipinski definition) is 0. The van der Waals surface area contributed by atoms with Gasteiger partial charge in [0.1, 0.15) is 0 Å². The molecule has 1 heteroatoms. The third kappa shape index (κ3) is 7.85. The molecule has 1 rings (SSSR count). The van der Waals surface area contributed by atoms with Crippen LogP contribution in [0.1, 0.15) is 140 Å². The standard InChI is InChI=1S/C27H50S/c1-7-11-13-15-16-18-20-24-22-25(9-3)28-26(24)27(10-4,23(5)6)21-19-17-14-12-8-2/h22-23H,7-21H2,1-6H3. The van der Waals surface area contributed by atoms with Gasteiger partial charge in [-0.25, -0.2) is 0 Å². The van der Waals surface area contributed by atoms with Gasteiger partial charge in [0.25, 0.3) is 0 Å². The molecule has 0 radical (unpaired) electrons. The minimum atomic E-state index is 0.405. The van der Waals surface area contributed by atoms with Crippen LogP contribution in [0.4, 0.5) is 0 Å². The predicted octanol–water partition coefficient (Wildman–Crippen LogP) is 9.88. The summed E-state index contributed by atoms with van der Waals surface area (Å²) in [5, 5.41) is 0. The van der Waals surface area contributed by atoms with Crippen molar-refractivity contribution < 1.29 is 0 Å². The number of unbranched alkanes of at least 4 members (excludes halogenated alkanes) is 9. The Morgan fingerprint density at radius 3 is 1.89 bits per heavy atom. The lowest BCUT2D eigenvalue weighted by atomic mass is 9.69. The molecule has 1 unspecified atom stereocenters. The molecule has 0 saturated carbocycles. The van der Waals surface area contributed by atoms with Crippen molar-refractivity contribution in [3.63, 3.8) is 0 Å². The summed E-state index contributed by atoms with van der Waals surface area (Å²) in [7, 11) is 0. The molecule has 28 heavy (non-hydrogen) atoms. The van der Waals surface area contributed by atoms with Gasteiger partial charge in [0, 0.05) is 15.2 Å². The van der Waals surface area contributed by atoms with E-state index in [9.17, 15) is 0 Å². The van der Waals surface area contributed by atoms with Crippen LogP contribution in [0, 0.1) is 5.92 Å². The van der Waals surface area contributed by atoms with Crippen molar-refractivity contribution in [2.75, 3.05) is 0 Å². The van der Waals surface area contributed by atoms with Crippen molar-refractivity contribution >= 4 is 11.3 Å². The number of rotatable bonds is 17. The first-order valence-corrected chi connectivity index (χ1v) is 13.5. The van der Waals surface area contributed by atoms with Crippen LogP contribution in [0.3, 0.4) is 0 Å². The zero-order valence-electron chi connectivity index (χ0n) is 20.2. The predicted molar refractivity (Wildman–Crippen MR) is 131 cm³/mol. The fourth-order valence-corrected chi connectivity index (χ4v) is 6.40. The second-order valence-corrected chi connectivity index (χ2v) is 10.4. The van der Waals surface area contributed by atoms with E-state index in [1.54, 1.807) is 15.3 Å². The molecule has 0 aliphatic heterocycles. The van der Waals surface area contributed by atoms with Crippen LogP contribution in [0.5, 0.6) is 0 Å². The monoisotopic (exact) mass is 406 g/mol. The summed E-state index contributed by atoms with van der Waals surface area (Å²) in [5.74, 6) is 0.732. The minimum absolute atomic E-state index is 0.405. The Hall–Kier alpha value is -0.300. The lowest BCUT2D eigenvalue weighted by Gasteiger charge is -2.38. The molecule has 0 nitrogen and oxygen atoms in total.